The van der Waals surface area contributed by atoms with E-state index >= 15 is 0 Å². The van der Waals surface area contributed by atoms with Crippen molar-refractivity contribution in [2.45, 2.75) is 32.2 Å². The highest BCUT2D eigenvalue weighted by Crippen LogP contribution is 2.32. The number of carbonyl (C=O) groups is 2. The molecule has 7 heteroatoms. The fourth-order valence-electron chi connectivity index (χ4n) is 4.83. The first-order valence-electron chi connectivity index (χ1n) is 11.1. The normalized spacial score (nSPS) is 20.5. The van der Waals surface area contributed by atoms with Crippen molar-refractivity contribution in [3.63, 3.8) is 0 Å². The Labute approximate surface area is 194 Å². The van der Waals surface area contributed by atoms with E-state index in [0.717, 1.165) is 31.4 Å². The molecule has 2 atom stereocenters. The number of ether oxygens (including phenoxy) is 2. The average molecular weight is 457 g/mol. The van der Waals surface area contributed by atoms with Gasteiger partial charge in [-0.25, -0.2) is 0 Å². The van der Waals surface area contributed by atoms with Crippen LogP contribution in [-0.2, 0) is 4.79 Å². The number of amides is 2. The molecular weight excluding hydrogens is 428 g/mol. The third-order valence-corrected chi connectivity index (χ3v) is 6.72. The summed E-state index contributed by atoms with van der Waals surface area (Å²) in [5.41, 5.74) is 1.55. The van der Waals surface area contributed by atoms with Crippen molar-refractivity contribution in [3.8, 4) is 11.5 Å². The maximum Gasteiger partial charge on any atom is 0.260 e. The van der Waals surface area contributed by atoms with Crippen LogP contribution < -0.4 is 9.47 Å². The van der Waals surface area contributed by atoms with Crippen LogP contribution in [-0.4, -0.2) is 61.0 Å². The van der Waals surface area contributed by atoms with Crippen molar-refractivity contribution in [2.24, 2.45) is 5.92 Å². The molecule has 2 aromatic rings. The number of methoxy groups -OCH3 is 1. The highest BCUT2D eigenvalue weighted by Gasteiger charge is 2.39. The van der Waals surface area contributed by atoms with E-state index in [-0.39, 0.29) is 30.4 Å². The number of fused-ring (bicyclic) bond motifs is 1. The van der Waals surface area contributed by atoms with E-state index in [1.54, 1.807) is 25.3 Å². The van der Waals surface area contributed by atoms with Gasteiger partial charge in [0.2, 0.25) is 0 Å². The van der Waals surface area contributed by atoms with Gasteiger partial charge in [0.15, 0.2) is 6.61 Å². The topological polar surface area (TPSA) is 59.1 Å². The Morgan fingerprint density at radius 1 is 1.12 bits per heavy atom. The second-order valence-electron chi connectivity index (χ2n) is 8.53. The Morgan fingerprint density at radius 3 is 2.75 bits per heavy atom. The summed E-state index contributed by atoms with van der Waals surface area (Å²) in [7, 11) is 1.60. The SMILES string of the molecule is COc1cccc(C(=O)N2CC[C@@H]3[C@H](CCCN3C(=O)COc3ccc(Cl)cc3C)C2)c1. The van der Waals surface area contributed by atoms with Crippen LogP contribution in [0.5, 0.6) is 11.5 Å². The molecule has 170 valence electrons. The van der Waals surface area contributed by atoms with Gasteiger partial charge in [-0.05, 0) is 74.1 Å². The van der Waals surface area contributed by atoms with E-state index in [0.29, 0.717) is 35.2 Å². The molecule has 2 saturated heterocycles. The van der Waals surface area contributed by atoms with Crippen LogP contribution in [0.4, 0.5) is 0 Å². The zero-order valence-electron chi connectivity index (χ0n) is 18.6. The second kappa shape index (κ2) is 9.82. The number of aryl methyl sites for hydroxylation is 1. The Balaban J connectivity index is 1.38. The average Bonchev–Trinajstić information content (AvgIpc) is 2.82. The number of likely N-dealkylation sites (tertiary alicyclic amines) is 2. The van der Waals surface area contributed by atoms with E-state index in [1.807, 2.05) is 41.0 Å². The molecule has 0 spiro atoms. The molecule has 2 amide bonds. The van der Waals surface area contributed by atoms with Crippen LogP contribution in [0.3, 0.4) is 0 Å². The molecule has 0 radical (unpaired) electrons. The zero-order chi connectivity index (χ0) is 22.7. The van der Waals surface area contributed by atoms with Gasteiger partial charge in [0.25, 0.3) is 11.8 Å². The van der Waals surface area contributed by atoms with Crippen LogP contribution in [0.1, 0.15) is 35.2 Å². The largest absolute Gasteiger partial charge is 0.497 e. The van der Waals surface area contributed by atoms with Crippen LogP contribution in [0, 0.1) is 12.8 Å². The van der Waals surface area contributed by atoms with Crippen molar-refractivity contribution in [2.75, 3.05) is 33.4 Å². The molecule has 6 nitrogen and oxygen atoms in total. The smallest absolute Gasteiger partial charge is 0.260 e. The maximum absolute atomic E-state index is 13.0. The Kier molecular flexibility index (Phi) is 6.89. The standard InChI is InChI=1S/C25H29ClN2O4/c1-17-13-20(26)8-9-23(17)32-16-24(29)28-11-4-6-19-15-27(12-10-22(19)28)25(30)18-5-3-7-21(14-18)31-2/h3,5,7-9,13-14,19,22H,4,6,10-12,15-16H2,1-2H3/t19-,22-/m1/s1. The number of hydrogen-bond donors (Lipinski definition) is 0. The summed E-state index contributed by atoms with van der Waals surface area (Å²) in [5.74, 6) is 1.66. The van der Waals surface area contributed by atoms with Gasteiger partial charge in [0, 0.05) is 36.3 Å². The van der Waals surface area contributed by atoms with Gasteiger partial charge in [-0.15, -0.1) is 0 Å². The third kappa shape index (κ3) is 4.85. The van der Waals surface area contributed by atoms with Gasteiger partial charge in [0.1, 0.15) is 11.5 Å². The van der Waals surface area contributed by atoms with Crippen molar-refractivity contribution in [1.82, 2.24) is 9.80 Å². The first kappa shape index (κ1) is 22.5. The molecule has 2 heterocycles. The molecule has 0 unspecified atom stereocenters. The molecule has 0 bridgehead atoms. The molecule has 2 aromatic carbocycles. The fraction of sp³-hybridized carbons (Fsp3) is 0.440. The monoisotopic (exact) mass is 456 g/mol. The van der Waals surface area contributed by atoms with Crippen LogP contribution >= 0.6 is 11.6 Å². The second-order valence-corrected chi connectivity index (χ2v) is 8.96. The number of rotatable bonds is 5. The summed E-state index contributed by atoms with van der Waals surface area (Å²) in [6.45, 7) is 3.97. The molecule has 0 saturated carbocycles. The molecular formula is C25H29ClN2O4. The molecule has 0 aromatic heterocycles. The molecule has 2 aliphatic rings. The Bertz CT molecular complexity index is 996. The van der Waals surface area contributed by atoms with Gasteiger partial charge in [-0.3, -0.25) is 9.59 Å². The summed E-state index contributed by atoms with van der Waals surface area (Å²) in [6.07, 6.45) is 2.74. The quantitative estimate of drug-likeness (QED) is 0.677. The molecule has 4 rings (SSSR count). The number of hydrogen-bond acceptors (Lipinski definition) is 4. The van der Waals surface area contributed by atoms with Gasteiger partial charge >= 0.3 is 0 Å². The highest BCUT2D eigenvalue weighted by molar-refractivity contribution is 6.30. The molecule has 2 aliphatic heterocycles. The van der Waals surface area contributed by atoms with E-state index < -0.39 is 0 Å². The van der Waals surface area contributed by atoms with Gasteiger partial charge in [-0.1, -0.05) is 17.7 Å². The molecule has 32 heavy (non-hydrogen) atoms. The van der Waals surface area contributed by atoms with Gasteiger partial charge in [-0.2, -0.15) is 0 Å². The summed E-state index contributed by atoms with van der Waals surface area (Å²) in [5, 5.41) is 0.648. The third-order valence-electron chi connectivity index (χ3n) is 6.48. The number of carbonyl (C=O) groups excluding carboxylic acids is 2. The van der Waals surface area contributed by atoms with E-state index in [9.17, 15) is 9.59 Å². The highest BCUT2D eigenvalue weighted by atomic mass is 35.5. The summed E-state index contributed by atoms with van der Waals surface area (Å²) < 4.78 is 11.1. The van der Waals surface area contributed by atoms with Crippen LogP contribution in [0.2, 0.25) is 5.02 Å². The van der Waals surface area contributed by atoms with E-state index in [4.69, 9.17) is 21.1 Å². The zero-order valence-corrected chi connectivity index (χ0v) is 19.3. The predicted octanol–water partition coefficient (Wildman–Crippen LogP) is 4.19. The minimum atomic E-state index is 0.00150. The minimum Gasteiger partial charge on any atom is -0.497 e. The van der Waals surface area contributed by atoms with E-state index in [2.05, 4.69) is 0 Å². The summed E-state index contributed by atoms with van der Waals surface area (Å²) >= 11 is 6.00. The van der Waals surface area contributed by atoms with Crippen molar-refractivity contribution in [1.29, 1.82) is 0 Å². The van der Waals surface area contributed by atoms with Gasteiger partial charge < -0.3 is 19.3 Å². The minimum absolute atomic E-state index is 0.00150. The van der Waals surface area contributed by atoms with Gasteiger partial charge in [0.05, 0.1) is 7.11 Å². The maximum atomic E-state index is 13.0. The number of piperidine rings is 2. The van der Waals surface area contributed by atoms with Crippen LogP contribution in [0.25, 0.3) is 0 Å². The number of halogens is 1. The lowest BCUT2D eigenvalue weighted by Crippen LogP contribution is -2.57. The van der Waals surface area contributed by atoms with E-state index in [1.165, 1.54) is 0 Å². The van der Waals surface area contributed by atoms with Crippen molar-refractivity contribution >= 4 is 23.4 Å². The Morgan fingerprint density at radius 2 is 1.97 bits per heavy atom. The molecule has 0 N–H and O–H groups in total. The summed E-state index contributed by atoms with van der Waals surface area (Å²) in [4.78, 5) is 29.9. The van der Waals surface area contributed by atoms with Crippen LogP contribution in [0.15, 0.2) is 42.5 Å². The first-order chi connectivity index (χ1) is 15.5. The lowest BCUT2D eigenvalue weighted by atomic mass is 9.83. The predicted molar refractivity (Wildman–Crippen MR) is 123 cm³/mol. The fourth-order valence-corrected chi connectivity index (χ4v) is 5.06. The van der Waals surface area contributed by atoms with Crippen molar-refractivity contribution < 1.29 is 19.1 Å². The Hall–Kier alpha value is -2.73. The van der Waals surface area contributed by atoms with Crippen molar-refractivity contribution in [3.05, 3.63) is 58.6 Å². The lowest BCUT2D eigenvalue weighted by Gasteiger charge is -2.47. The summed E-state index contributed by atoms with van der Waals surface area (Å²) in [6, 6.07) is 12.8. The lowest BCUT2D eigenvalue weighted by molar-refractivity contribution is -0.140. The first-order valence-corrected chi connectivity index (χ1v) is 11.5. The molecule has 2 fully saturated rings. The molecule has 0 aliphatic carbocycles. The number of benzene rings is 2. The number of nitrogens with zero attached hydrogens (tertiary/aromatic N) is 2.